The topological polar surface area (TPSA) is 62.1 Å². The highest BCUT2D eigenvalue weighted by Gasteiger charge is 2.16. The second-order valence-corrected chi connectivity index (χ2v) is 7.92. The van der Waals surface area contributed by atoms with Crippen LogP contribution in [-0.2, 0) is 11.3 Å². The van der Waals surface area contributed by atoms with Crippen LogP contribution in [0.15, 0.2) is 35.3 Å². The van der Waals surface area contributed by atoms with Gasteiger partial charge >= 0.3 is 0 Å². The molecular weight excluding hydrogens is 388 g/mol. The van der Waals surface area contributed by atoms with Gasteiger partial charge in [0.25, 0.3) is 5.91 Å². The number of thiazole rings is 1. The minimum Gasteiger partial charge on any atom is -0.486 e. The summed E-state index contributed by atoms with van der Waals surface area (Å²) in [4.78, 5) is 18.0. The van der Waals surface area contributed by atoms with E-state index in [9.17, 15) is 4.79 Å². The molecule has 1 aliphatic rings. The Labute approximate surface area is 173 Å². The van der Waals surface area contributed by atoms with Gasteiger partial charge in [0.2, 0.25) is 0 Å². The fraction of sp³-hybridized carbons (Fsp3) is 0.364. The smallest absolute Gasteiger partial charge is 0.279 e. The number of fused-ring (bicyclic) bond motifs is 2. The van der Waals surface area contributed by atoms with E-state index in [2.05, 4.69) is 35.5 Å². The van der Waals surface area contributed by atoms with Gasteiger partial charge in [-0.25, -0.2) is 0 Å². The number of hydrogen-bond donors (Lipinski definition) is 0. The molecule has 6 nitrogen and oxygen atoms in total. The van der Waals surface area contributed by atoms with Gasteiger partial charge in [0.05, 0.1) is 16.8 Å². The number of carbonyl (C=O) groups is 1. The zero-order valence-corrected chi connectivity index (χ0v) is 17.7. The third-order valence-electron chi connectivity index (χ3n) is 4.76. The maximum absolute atomic E-state index is 12.9. The van der Waals surface area contributed by atoms with E-state index in [0.29, 0.717) is 54.8 Å². The van der Waals surface area contributed by atoms with E-state index in [1.165, 1.54) is 22.5 Å². The van der Waals surface area contributed by atoms with Crippen molar-refractivity contribution in [2.75, 3.05) is 26.4 Å². The summed E-state index contributed by atoms with van der Waals surface area (Å²) in [6, 6.07) is 9.48. The Balaban J connectivity index is 1.77. The SMILES string of the molecule is CCOCCn1c(=NC(=O)c2ccc3c(c2)OCCO3)sc2c(C)cc(C)cc21. The fourth-order valence-corrected chi connectivity index (χ4v) is 4.55. The van der Waals surface area contributed by atoms with Crippen molar-refractivity contribution in [3.8, 4) is 11.5 Å². The van der Waals surface area contributed by atoms with E-state index >= 15 is 0 Å². The zero-order valence-electron chi connectivity index (χ0n) is 16.9. The second kappa shape index (κ2) is 8.39. The monoisotopic (exact) mass is 412 g/mol. The summed E-state index contributed by atoms with van der Waals surface area (Å²) in [5, 5.41) is 0. The number of amides is 1. The highest BCUT2D eigenvalue weighted by atomic mass is 32.1. The van der Waals surface area contributed by atoms with Crippen molar-refractivity contribution in [1.29, 1.82) is 0 Å². The van der Waals surface area contributed by atoms with E-state index in [4.69, 9.17) is 14.2 Å². The predicted molar refractivity (Wildman–Crippen MR) is 113 cm³/mol. The molecule has 0 saturated heterocycles. The van der Waals surface area contributed by atoms with Crippen molar-refractivity contribution in [1.82, 2.24) is 4.57 Å². The van der Waals surface area contributed by atoms with Crippen LogP contribution in [0.2, 0.25) is 0 Å². The molecule has 1 aromatic heterocycles. The first-order valence-electron chi connectivity index (χ1n) is 9.74. The van der Waals surface area contributed by atoms with Gasteiger partial charge in [-0.15, -0.1) is 0 Å². The lowest BCUT2D eigenvalue weighted by Gasteiger charge is -2.18. The van der Waals surface area contributed by atoms with Crippen LogP contribution in [0.25, 0.3) is 10.2 Å². The highest BCUT2D eigenvalue weighted by molar-refractivity contribution is 7.16. The number of benzene rings is 2. The van der Waals surface area contributed by atoms with Gasteiger partial charge in [0, 0.05) is 18.7 Å². The van der Waals surface area contributed by atoms with Crippen LogP contribution in [0, 0.1) is 13.8 Å². The van der Waals surface area contributed by atoms with Gasteiger partial charge in [0.1, 0.15) is 13.2 Å². The van der Waals surface area contributed by atoms with Gasteiger partial charge in [0.15, 0.2) is 16.3 Å². The van der Waals surface area contributed by atoms with Gasteiger partial charge < -0.3 is 18.8 Å². The molecule has 0 fully saturated rings. The fourth-order valence-electron chi connectivity index (χ4n) is 3.44. The molecule has 4 rings (SSSR count). The van der Waals surface area contributed by atoms with Crippen molar-refractivity contribution in [3.63, 3.8) is 0 Å². The number of aromatic nitrogens is 1. The largest absolute Gasteiger partial charge is 0.486 e. The molecular formula is C22H24N2O4S. The van der Waals surface area contributed by atoms with Crippen LogP contribution in [0.3, 0.4) is 0 Å². The van der Waals surface area contributed by atoms with Crippen LogP contribution in [0.1, 0.15) is 28.4 Å². The van der Waals surface area contributed by atoms with E-state index in [0.717, 1.165) is 10.2 Å². The number of nitrogens with zero attached hydrogens (tertiary/aromatic N) is 2. The highest BCUT2D eigenvalue weighted by Crippen LogP contribution is 2.31. The molecule has 7 heteroatoms. The maximum atomic E-state index is 12.9. The lowest BCUT2D eigenvalue weighted by atomic mass is 10.1. The average molecular weight is 413 g/mol. The molecule has 0 radical (unpaired) electrons. The first kappa shape index (κ1) is 19.7. The van der Waals surface area contributed by atoms with E-state index in [1.807, 2.05) is 6.92 Å². The van der Waals surface area contributed by atoms with Crippen LogP contribution < -0.4 is 14.3 Å². The van der Waals surface area contributed by atoms with Crippen molar-refractivity contribution in [3.05, 3.63) is 51.8 Å². The molecule has 0 unspecified atom stereocenters. The first-order chi connectivity index (χ1) is 14.1. The maximum Gasteiger partial charge on any atom is 0.279 e. The second-order valence-electron chi connectivity index (χ2n) is 6.94. The van der Waals surface area contributed by atoms with E-state index in [1.54, 1.807) is 18.2 Å². The summed E-state index contributed by atoms with van der Waals surface area (Å²) < 4.78 is 19.9. The van der Waals surface area contributed by atoms with Crippen LogP contribution in [-0.4, -0.2) is 36.9 Å². The van der Waals surface area contributed by atoms with E-state index < -0.39 is 0 Å². The van der Waals surface area contributed by atoms with E-state index in [-0.39, 0.29) is 5.91 Å². The van der Waals surface area contributed by atoms with Crippen molar-refractivity contribution >= 4 is 27.5 Å². The zero-order chi connectivity index (χ0) is 20.4. The van der Waals surface area contributed by atoms with Gasteiger partial charge in [-0.3, -0.25) is 4.79 Å². The summed E-state index contributed by atoms with van der Waals surface area (Å²) in [6.45, 7) is 9.01. The summed E-state index contributed by atoms with van der Waals surface area (Å²) in [7, 11) is 0. The van der Waals surface area contributed by atoms with Crippen LogP contribution in [0.5, 0.6) is 11.5 Å². The molecule has 29 heavy (non-hydrogen) atoms. The molecule has 1 amide bonds. The summed E-state index contributed by atoms with van der Waals surface area (Å²) in [6.07, 6.45) is 0. The Bertz CT molecular complexity index is 1130. The van der Waals surface area contributed by atoms with Gasteiger partial charge in [-0.2, -0.15) is 4.99 Å². The third kappa shape index (κ3) is 4.06. The molecule has 0 saturated carbocycles. The first-order valence-corrected chi connectivity index (χ1v) is 10.6. The number of rotatable bonds is 5. The minimum atomic E-state index is -0.298. The predicted octanol–water partition coefficient (Wildman–Crippen LogP) is 3.87. The Kier molecular flexibility index (Phi) is 5.69. The Morgan fingerprint density at radius 2 is 1.97 bits per heavy atom. The summed E-state index contributed by atoms with van der Waals surface area (Å²) in [5.74, 6) is 0.949. The summed E-state index contributed by atoms with van der Waals surface area (Å²) in [5.41, 5.74) is 3.93. The molecule has 0 atom stereocenters. The Hall–Kier alpha value is -2.64. The number of ether oxygens (including phenoxy) is 3. The van der Waals surface area contributed by atoms with Gasteiger partial charge in [-0.1, -0.05) is 17.4 Å². The lowest BCUT2D eigenvalue weighted by Crippen LogP contribution is -2.20. The number of aryl methyl sites for hydroxylation is 2. The number of hydrogen-bond acceptors (Lipinski definition) is 5. The van der Waals surface area contributed by atoms with Gasteiger partial charge in [-0.05, 0) is 56.2 Å². The lowest BCUT2D eigenvalue weighted by molar-refractivity contribution is 0.0995. The minimum absolute atomic E-state index is 0.298. The molecule has 2 heterocycles. The molecule has 3 aromatic rings. The Morgan fingerprint density at radius 3 is 2.76 bits per heavy atom. The van der Waals surface area contributed by atoms with Crippen LogP contribution >= 0.6 is 11.3 Å². The quantitative estimate of drug-likeness (QED) is 0.597. The molecule has 0 spiro atoms. The molecule has 1 aliphatic heterocycles. The average Bonchev–Trinajstić information content (AvgIpc) is 3.05. The summed E-state index contributed by atoms with van der Waals surface area (Å²) >= 11 is 1.53. The molecule has 0 bridgehead atoms. The van der Waals surface area contributed by atoms with Crippen molar-refractivity contribution in [2.45, 2.75) is 27.3 Å². The molecule has 2 aromatic carbocycles. The molecule has 152 valence electrons. The molecule has 0 aliphatic carbocycles. The van der Waals surface area contributed by atoms with Crippen molar-refractivity contribution < 1.29 is 19.0 Å². The van der Waals surface area contributed by atoms with Crippen molar-refractivity contribution in [2.24, 2.45) is 4.99 Å². The Morgan fingerprint density at radius 1 is 1.17 bits per heavy atom. The molecule has 0 N–H and O–H groups in total. The number of carbonyl (C=O) groups excluding carboxylic acids is 1. The third-order valence-corrected chi connectivity index (χ3v) is 5.99. The normalized spacial score (nSPS) is 13.8. The van der Waals surface area contributed by atoms with Crippen LogP contribution in [0.4, 0.5) is 0 Å². The standard InChI is InChI=1S/C22H24N2O4S/c1-4-26-8-7-24-17-12-14(2)11-15(3)20(17)29-22(24)23-21(25)16-5-6-18-19(13-16)28-10-9-27-18/h5-6,11-13H,4,7-10H2,1-3H3.